The third-order valence-electron chi connectivity index (χ3n) is 2.02. The number of carboxylic acids is 1. The average molecular weight is 229 g/mol. The van der Waals surface area contributed by atoms with Gasteiger partial charge in [-0.3, -0.25) is 4.79 Å². The number of carbonyl (C=O) groups is 2. The molecule has 0 aromatic heterocycles. The Morgan fingerprint density at radius 2 is 2.19 bits per heavy atom. The molecule has 0 heterocycles. The minimum atomic E-state index is -1.05. The first-order valence-corrected chi connectivity index (χ1v) is 5.13. The number of hydrogen-bond donors (Lipinski definition) is 2. The fourth-order valence-electron chi connectivity index (χ4n) is 1.30. The number of methoxy groups -OCH3 is 1. The summed E-state index contributed by atoms with van der Waals surface area (Å²) >= 11 is 0. The van der Waals surface area contributed by atoms with Gasteiger partial charge in [0.25, 0.3) is 0 Å². The summed E-state index contributed by atoms with van der Waals surface area (Å²) in [6.45, 7) is 5.79. The van der Waals surface area contributed by atoms with Crippen molar-refractivity contribution in [3.63, 3.8) is 0 Å². The molecule has 0 aliphatic heterocycles. The van der Waals surface area contributed by atoms with Gasteiger partial charge in [-0.1, -0.05) is 13.0 Å². The summed E-state index contributed by atoms with van der Waals surface area (Å²) in [6, 6.07) is -0.889. The van der Waals surface area contributed by atoms with Gasteiger partial charge in [0, 0.05) is 20.1 Å². The first kappa shape index (κ1) is 14.6. The number of carboxylic acid groups (broad SMARTS) is 1. The van der Waals surface area contributed by atoms with Crippen molar-refractivity contribution in [1.29, 1.82) is 0 Å². The van der Waals surface area contributed by atoms with Gasteiger partial charge in [-0.2, -0.15) is 0 Å². The lowest BCUT2D eigenvalue weighted by atomic mass is 10.1. The quantitative estimate of drug-likeness (QED) is 0.604. The second-order valence-electron chi connectivity index (χ2n) is 3.75. The van der Waals surface area contributed by atoms with Crippen LogP contribution in [0.5, 0.6) is 0 Å². The van der Waals surface area contributed by atoms with Gasteiger partial charge < -0.3 is 15.2 Å². The molecule has 0 saturated carbocycles. The van der Waals surface area contributed by atoms with Crippen LogP contribution in [0.25, 0.3) is 0 Å². The highest BCUT2D eigenvalue weighted by Gasteiger charge is 2.19. The maximum atomic E-state index is 11.5. The van der Waals surface area contributed by atoms with Crippen molar-refractivity contribution >= 4 is 11.9 Å². The van der Waals surface area contributed by atoms with E-state index in [4.69, 9.17) is 9.84 Å². The summed E-state index contributed by atoms with van der Waals surface area (Å²) < 4.78 is 4.89. The van der Waals surface area contributed by atoms with Crippen LogP contribution in [-0.4, -0.2) is 36.7 Å². The van der Waals surface area contributed by atoms with Crippen LogP contribution in [-0.2, 0) is 14.3 Å². The molecule has 0 fully saturated rings. The smallest absolute Gasteiger partial charge is 0.326 e. The van der Waals surface area contributed by atoms with Crippen LogP contribution >= 0.6 is 0 Å². The van der Waals surface area contributed by atoms with E-state index >= 15 is 0 Å². The summed E-state index contributed by atoms with van der Waals surface area (Å²) in [6.07, 6.45) is 1.95. The summed E-state index contributed by atoms with van der Waals surface area (Å²) in [7, 11) is 1.56. The highest BCUT2D eigenvalue weighted by atomic mass is 16.5. The number of hydrogen-bond acceptors (Lipinski definition) is 3. The fraction of sp³-hybridized carbons (Fsp3) is 0.636. The second kappa shape index (κ2) is 7.87. The molecule has 0 aromatic carbocycles. The Balaban J connectivity index is 4.09. The van der Waals surface area contributed by atoms with Gasteiger partial charge in [0.15, 0.2) is 0 Å². The Labute approximate surface area is 95.5 Å². The van der Waals surface area contributed by atoms with E-state index in [1.807, 2.05) is 6.92 Å². The molecule has 0 aliphatic rings. The lowest BCUT2D eigenvalue weighted by Gasteiger charge is -2.14. The monoisotopic (exact) mass is 229 g/mol. The molecule has 5 heteroatoms. The van der Waals surface area contributed by atoms with E-state index in [1.165, 1.54) is 6.08 Å². The van der Waals surface area contributed by atoms with Crippen LogP contribution < -0.4 is 5.32 Å². The molecular formula is C11H19NO4. The van der Waals surface area contributed by atoms with Crippen LogP contribution in [0.4, 0.5) is 0 Å². The van der Waals surface area contributed by atoms with E-state index in [1.54, 1.807) is 7.11 Å². The first-order chi connectivity index (χ1) is 7.51. The Bertz CT molecular complexity index is 252. The standard InChI is InChI=1S/C11H19NO4/c1-4-5-9(11(14)15)12-10(13)6-8(2)7-16-3/h4,8-9H,1,5-7H2,2-3H3,(H,12,13)(H,14,15). The zero-order chi connectivity index (χ0) is 12.6. The molecule has 0 spiro atoms. The predicted molar refractivity (Wildman–Crippen MR) is 60.0 cm³/mol. The molecule has 16 heavy (non-hydrogen) atoms. The number of carbonyl (C=O) groups excluding carboxylic acids is 1. The number of aliphatic carboxylic acids is 1. The van der Waals surface area contributed by atoms with Crippen molar-refractivity contribution < 1.29 is 19.4 Å². The maximum absolute atomic E-state index is 11.5. The summed E-state index contributed by atoms with van der Waals surface area (Å²) in [5.41, 5.74) is 0. The third-order valence-corrected chi connectivity index (χ3v) is 2.02. The Morgan fingerprint density at radius 1 is 1.56 bits per heavy atom. The zero-order valence-electron chi connectivity index (χ0n) is 9.73. The van der Waals surface area contributed by atoms with Crippen molar-refractivity contribution in [2.45, 2.75) is 25.8 Å². The molecule has 0 rings (SSSR count). The topological polar surface area (TPSA) is 75.6 Å². The molecule has 2 atom stereocenters. The van der Waals surface area contributed by atoms with Gasteiger partial charge in [0.1, 0.15) is 6.04 Å². The molecule has 2 unspecified atom stereocenters. The molecule has 0 bridgehead atoms. The Hall–Kier alpha value is -1.36. The van der Waals surface area contributed by atoms with Gasteiger partial charge in [-0.15, -0.1) is 6.58 Å². The van der Waals surface area contributed by atoms with Crippen LogP contribution in [0, 0.1) is 5.92 Å². The number of nitrogens with one attached hydrogen (secondary N) is 1. The third kappa shape index (κ3) is 6.19. The van der Waals surface area contributed by atoms with Crippen LogP contribution in [0.3, 0.4) is 0 Å². The SMILES string of the molecule is C=CCC(NC(=O)CC(C)COC)C(=O)O. The highest BCUT2D eigenvalue weighted by molar-refractivity contribution is 5.83. The largest absolute Gasteiger partial charge is 0.480 e. The van der Waals surface area contributed by atoms with Gasteiger partial charge in [0.05, 0.1) is 0 Å². The van der Waals surface area contributed by atoms with Gasteiger partial charge >= 0.3 is 5.97 Å². The lowest BCUT2D eigenvalue weighted by molar-refractivity contribution is -0.141. The van der Waals surface area contributed by atoms with Crippen molar-refractivity contribution in [3.8, 4) is 0 Å². The number of ether oxygens (including phenoxy) is 1. The van der Waals surface area contributed by atoms with Crippen LogP contribution in [0.1, 0.15) is 19.8 Å². The summed E-state index contributed by atoms with van der Waals surface area (Å²) in [4.78, 5) is 22.2. The molecule has 0 aliphatic carbocycles. The van der Waals surface area contributed by atoms with Crippen LogP contribution in [0.15, 0.2) is 12.7 Å². The Kier molecular flexibility index (Phi) is 7.20. The maximum Gasteiger partial charge on any atom is 0.326 e. The molecule has 1 amide bonds. The highest BCUT2D eigenvalue weighted by Crippen LogP contribution is 2.03. The van der Waals surface area contributed by atoms with E-state index in [9.17, 15) is 9.59 Å². The van der Waals surface area contributed by atoms with E-state index in [0.29, 0.717) is 6.61 Å². The summed E-state index contributed by atoms with van der Waals surface area (Å²) in [5.74, 6) is -1.25. The minimum Gasteiger partial charge on any atom is -0.480 e. The average Bonchev–Trinajstić information content (AvgIpc) is 2.16. The predicted octanol–water partition coefficient (Wildman–Crippen LogP) is 0.804. The normalized spacial score (nSPS) is 13.9. The minimum absolute atomic E-state index is 0.0724. The number of amides is 1. The zero-order valence-corrected chi connectivity index (χ0v) is 9.73. The van der Waals surface area contributed by atoms with E-state index < -0.39 is 12.0 Å². The molecule has 0 saturated heterocycles. The van der Waals surface area contributed by atoms with E-state index in [0.717, 1.165) is 0 Å². The molecule has 0 aromatic rings. The van der Waals surface area contributed by atoms with Crippen molar-refractivity contribution in [2.24, 2.45) is 5.92 Å². The summed E-state index contributed by atoms with van der Waals surface area (Å²) in [5, 5.41) is 11.2. The molecule has 5 nitrogen and oxygen atoms in total. The number of rotatable bonds is 8. The van der Waals surface area contributed by atoms with Gasteiger partial charge in [-0.25, -0.2) is 4.79 Å². The van der Waals surface area contributed by atoms with E-state index in [-0.39, 0.29) is 24.7 Å². The molecule has 92 valence electrons. The van der Waals surface area contributed by atoms with Crippen molar-refractivity contribution in [3.05, 3.63) is 12.7 Å². The lowest BCUT2D eigenvalue weighted by Crippen LogP contribution is -2.41. The molecular weight excluding hydrogens is 210 g/mol. The van der Waals surface area contributed by atoms with E-state index in [2.05, 4.69) is 11.9 Å². The Morgan fingerprint density at radius 3 is 2.62 bits per heavy atom. The first-order valence-electron chi connectivity index (χ1n) is 5.13. The van der Waals surface area contributed by atoms with Gasteiger partial charge in [0.2, 0.25) is 5.91 Å². The van der Waals surface area contributed by atoms with Crippen molar-refractivity contribution in [2.75, 3.05) is 13.7 Å². The molecule has 0 radical (unpaired) electrons. The van der Waals surface area contributed by atoms with Crippen molar-refractivity contribution in [1.82, 2.24) is 5.32 Å². The fourth-order valence-corrected chi connectivity index (χ4v) is 1.30. The van der Waals surface area contributed by atoms with Crippen LogP contribution in [0.2, 0.25) is 0 Å². The molecule has 2 N–H and O–H groups in total. The second-order valence-corrected chi connectivity index (χ2v) is 3.75. The van der Waals surface area contributed by atoms with Gasteiger partial charge in [-0.05, 0) is 12.3 Å².